The van der Waals surface area contributed by atoms with E-state index in [1.165, 1.54) is 12.1 Å². The normalized spacial score (nSPS) is 10.7. The molecule has 118 valence electrons. The van der Waals surface area contributed by atoms with Gasteiger partial charge in [-0.3, -0.25) is 0 Å². The van der Waals surface area contributed by atoms with Gasteiger partial charge in [0.25, 0.3) is 0 Å². The van der Waals surface area contributed by atoms with Crippen LogP contribution >= 0.6 is 0 Å². The quantitative estimate of drug-likeness (QED) is 0.760. The Bertz CT molecular complexity index is 798. The molecule has 0 aliphatic carbocycles. The summed E-state index contributed by atoms with van der Waals surface area (Å²) in [6, 6.07) is 14.1. The van der Waals surface area contributed by atoms with Gasteiger partial charge in [0.15, 0.2) is 0 Å². The molecule has 1 N–H and O–H groups in total. The number of para-hydroxylation sites is 1. The van der Waals surface area contributed by atoms with Crippen LogP contribution in [-0.2, 0) is 0 Å². The van der Waals surface area contributed by atoms with Crippen LogP contribution in [0.4, 0.5) is 21.8 Å². The van der Waals surface area contributed by atoms with Crippen LogP contribution in [0.15, 0.2) is 48.5 Å². The van der Waals surface area contributed by atoms with Gasteiger partial charge in [-0.05, 0) is 50.2 Å². The number of halogens is 1. The summed E-state index contributed by atoms with van der Waals surface area (Å²) in [4.78, 5) is 11.4. The molecule has 3 rings (SSSR count). The monoisotopic (exact) mass is 310 g/mol. The molecule has 0 aliphatic heterocycles. The summed E-state index contributed by atoms with van der Waals surface area (Å²) in [6.07, 6.45) is 0. The SMILES string of the molecule is CCN(CC)c1nc(Nc2ccc(F)cc2)nc2ccccc12. The van der Waals surface area contributed by atoms with E-state index in [0.29, 0.717) is 5.95 Å². The van der Waals surface area contributed by atoms with Crippen LogP contribution < -0.4 is 10.2 Å². The second-order valence-corrected chi connectivity index (χ2v) is 5.19. The third-order valence-corrected chi connectivity index (χ3v) is 3.75. The van der Waals surface area contributed by atoms with Gasteiger partial charge >= 0.3 is 0 Å². The molecule has 0 aliphatic rings. The fourth-order valence-corrected chi connectivity index (χ4v) is 2.54. The Balaban J connectivity index is 2.05. The number of nitrogens with one attached hydrogen (secondary N) is 1. The van der Waals surface area contributed by atoms with Gasteiger partial charge in [-0.25, -0.2) is 9.37 Å². The number of benzene rings is 2. The fraction of sp³-hybridized carbons (Fsp3) is 0.222. The molecule has 0 bridgehead atoms. The summed E-state index contributed by atoms with van der Waals surface area (Å²) >= 11 is 0. The zero-order valence-electron chi connectivity index (χ0n) is 13.3. The molecule has 5 heteroatoms. The van der Waals surface area contributed by atoms with E-state index in [4.69, 9.17) is 0 Å². The molecule has 0 saturated heterocycles. The Morgan fingerprint density at radius 3 is 2.35 bits per heavy atom. The van der Waals surface area contributed by atoms with Crippen LogP contribution in [0.25, 0.3) is 10.9 Å². The van der Waals surface area contributed by atoms with Gasteiger partial charge in [0.1, 0.15) is 11.6 Å². The van der Waals surface area contributed by atoms with E-state index in [-0.39, 0.29) is 5.82 Å². The zero-order valence-corrected chi connectivity index (χ0v) is 13.3. The molecule has 2 aromatic carbocycles. The molecule has 23 heavy (non-hydrogen) atoms. The molecule has 3 aromatic rings. The van der Waals surface area contributed by atoms with E-state index in [0.717, 1.165) is 35.5 Å². The standard InChI is InChI=1S/C18H19FN4/c1-3-23(4-2)17-15-7-5-6-8-16(15)21-18(22-17)20-14-11-9-13(19)10-12-14/h5-12H,3-4H2,1-2H3,(H,20,21,22). The zero-order chi connectivity index (χ0) is 16.2. The summed E-state index contributed by atoms with van der Waals surface area (Å²) < 4.78 is 13.0. The molecule has 0 amide bonds. The fourth-order valence-electron chi connectivity index (χ4n) is 2.54. The van der Waals surface area contributed by atoms with Crippen LogP contribution in [0, 0.1) is 5.82 Å². The lowest BCUT2D eigenvalue weighted by molar-refractivity contribution is 0.628. The lowest BCUT2D eigenvalue weighted by Crippen LogP contribution is -2.23. The summed E-state index contributed by atoms with van der Waals surface area (Å²) in [5.41, 5.74) is 1.64. The Hall–Kier alpha value is -2.69. The molecule has 0 unspecified atom stereocenters. The van der Waals surface area contributed by atoms with Gasteiger partial charge in [0, 0.05) is 24.2 Å². The number of hydrogen-bond donors (Lipinski definition) is 1. The number of rotatable bonds is 5. The largest absolute Gasteiger partial charge is 0.356 e. The molecule has 1 heterocycles. The van der Waals surface area contributed by atoms with Crippen molar-refractivity contribution in [1.29, 1.82) is 0 Å². The van der Waals surface area contributed by atoms with Crippen LogP contribution in [0.3, 0.4) is 0 Å². The molecule has 0 radical (unpaired) electrons. The summed E-state index contributed by atoms with van der Waals surface area (Å²) in [6.45, 7) is 5.95. The average Bonchev–Trinajstić information content (AvgIpc) is 2.58. The first-order valence-corrected chi connectivity index (χ1v) is 7.75. The van der Waals surface area contributed by atoms with Gasteiger partial charge in [-0.1, -0.05) is 12.1 Å². The van der Waals surface area contributed by atoms with Crippen molar-refractivity contribution in [3.8, 4) is 0 Å². The Kier molecular flexibility index (Phi) is 4.37. The van der Waals surface area contributed by atoms with Crippen molar-refractivity contribution in [3.63, 3.8) is 0 Å². The molecule has 1 aromatic heterocycles. The van der Waals surface area contributed by atoms with E-state index < -0.39 is 0 Å². The predicted molar refractivity (Wildman–Crippen MR) is 92.8 cm³/mol. The maximum Gasteiger partial charge on any atom is 0.229 e. The highest BCUT2D eigenvalue weighted by Crippen LogP contribution is 2.26. The Morgan fingerprint density at radius 2 is 1.65 bits per heavy atom. The Labute approximate surface area is 135 Å². The molecular formula is C18H19FN4. The minimum atomic E-state index is -0.265. The smallest absolute Gasteiger partial charge is 0.229 e. The van der Waals surface area contributed by atoms with Crippen molar-refractivity contribution < 1.29 is 4.39 Å². The van der Waals surface area contributed by atoms with E-state index >= 15 is 0 Å². The van der Waals surface area contributed by atoms with Gasteiger partial charge in [0.05, 0.1) is 5.52 Å². The van der Waals surface area contributed by atoms with E-state index in [2.05, 4.69) is 34.0 Å². The van der Waals surface area contributed by atoms with Crippen molar-refractivity contribution in [2.24, 2.45) is 0 Å². The highest BCUT2D eigenvalue weighted by atomic mass is 19.1. The molecule has 0 spiro atoms. The van der Waals surface area contributed by atoms with Gasteiger partial charge < -0.3 is 10.2 Å². The number of anilines is 3. The lowest BCUT2D eigenvalue weighted by atomic mass is 10.2. The molecule has 0 fully saturated rings. The molecular weight excluding hydrogens is 291 g/mol. The summed E-state index contributed by atoms with van der Waals surface area (Å²) in [7, 11) is 0. The third kappa shape index (κ3) is 3.23. The molecule has 4 nitrogen and oxygen atoms in total. The first-order valence-electron chi connectivity index (χ1n) is 7.75. The minimum absolute atomic E-state index is 0.265. The van der Waals surface area contributed by atoms with Crippen LogP contribution in [0.2, 0.25) is 0 Å². The summed E-state index contributed by atoms with van der Waals surface area (Å²) in [5.74, 6) is 1.15. The van der Waals surface area contributed by atoms with Crippen molar-refractivity contribution in [2.45, 2.75) is 13.8 Å². The van der Waals surface area contributed by atoms with E-state index in [1.807, 2.05) is 24.3 Å². The lowest BCUT2D eigenvalue weighted by Gasteiger charge is -2.22. The number of fused-ring (bicyclic) bond motifs is 1. The summed E-state index contributed by atoms with van der Waals surface area (Å²) in [5, 5.41) is 4.18. The highest BCUT2D eigenvalue weighted by molar-refractivity contribution is 5.90. The van der Waals surface area contributed by atoms with Crippen molar-refractivity contribution in [1.82, 2.24) is 9.97 Å². The molecule has 0 saturated carbocycles. The minimum Gasteiger partial charge on any atom is -0.356 e. The average molecular weight is 310 g/mol. The van der Waals surface area contributed by atoms with Crippen molar-refractivity contribution in [2.75, 3.05) is 23.3 Å². The van der Waals surface area contributed by atoms with Gasteiger partial charge in [-0.15, -0.1) is 0 Å². The van der Waals surface area contributed by atoms with E-state index in [9.17, 15) is 4.39 Å². The third-order valence-electron chi connectivity index (χ3n) is 3.75. The highest BCUT2D eigenvalue weighted by Gasteiger charge is 2.12. The van der Waals surface area contributed by atoms with Gasteiger partial charge in [-0.2, -0.15) is 4.98 Å². The maximum absolute atomic E-state index is 13.0. The van der Waals surface area contributed by atoms with Crippen LogP contribution in [-0.4, -0.2) is 23.1 Å². The van der Waals surface area contributed by atoms with Crippen LogP contribution in [0.5, 0.6) is 0 Å². The van der Waals surface area contributed by atoms with Crippen LogP contribution in [0.1, 0.15) is 13.8 Å². The maximum atomic E-state index is 13.0. The molecule has 0 atom stereocenters. The van der Waals surface area contributed by atoms with E-state index in [1.54, 1.807) is 12.1 Å². The number of aromatic nitrogens is 2. The second-order valence-electron chi connectivity index (χ2n) is 5.19. The predicted octanol–water partition coefficient (Wildman–Crippen LogP) is 4.36. The topological polar surface area (TPSA) is 41.1 Å². The van der Waals surface area contributed by atoms with Gasteiger partial charge in [0.2, 0.25) is 5.95 Å². The number of hydrogen-bond acceptors (Lipinski definition) is 4. The Morgan fingerprint density at radius 1 is 0.957 bits per heavy atom. The first kappa shape index (κ1) is 15.2. The second kappa shape index (κ2) is 6.60. The first-order chi connectivity index (χ1) is 11.2. The number of nitrogens with zero attached hydrogens (tertiary/aromatic N) is 3. The van der Waals surface area contributed by atoms with Crippen molar-refractivity contribution in [3.05, 3.63) is 54.3 Å². The van der Waals surface area contributed by atoms with Crippen molar-refractivity contribution >= 4 is 28.4 Å².